The van der Waals surface area contributed by atoms with Crippen molar-refractivity contribution in [1.82, 2.24) is 0 Å². The monoisotopic (exact) mass is 179 g/mol. The fourth-order valence-corrected chi connectivity index (χ4v) is 1.84. The van der Waals surface area contributed by atoms with Crippen LogP contribution in [0.2, 0.25) is 0 Å². The summed E-state index contributed by atoms with van der Waals surface area (Å²) in [5.74, 6) is 0. The normalized spacial score (nSPS) is 26.1. The Morgan fingerprint density at radius 3 is 2.45 bits per heavy atom. The van der Waals surface area contributed by atoms with Gasteiger partial charge in [-0.05, 0) is 30.3 Å². The Balaban J connectivity index is 2.41. The zero-order valence-electron chi connectivity index (χ0n) is 6.02. The molecule has 5 heteroatoms. The van der Waals surface area contributed by atoms with Gasteiger partial charge in [0.25, 0.3) is 0 Å². The fourth-order valence-electron chi connectivity index (χ4n) is 1.07. The van der Waals surface area contributed by atoms with Crippen molar-refractivity contribution in [3.8, 4) is 0 Å². The van der Waals surface area contributed by atoms with Gasteiger partial charge in [-0.15, -0.1) is 0 Å². The Hall–Kier alpha value is 0.0300. The minimum atomic E-state index is -2.11. The summed E-state index contributed by atoms with van der Waals surface area (Å²) in [6.07, 6.45) is 0.496. The smallest absolute Gasteiger partial charge is 0.0784 e. The summed E-state index contributed by atoms with van der Waals surface area (Å²) >= 11 is -2.11. The third-order valence-electron chi connectivity index (χ3n) is 1.98. The van der Waals surface area contributed by atoms with E-state index in [0.29, 0.717) is 12.8 Å². The van der Waals surface area contributed by atoms with Crippen molar-refractivity contribution in [3.05, 3.63) is 0 Å². The highest BCUT2D eigenvalue weighted by Crippen LogP contribution is 2.44. The molecule has 0 heterocycles. The van der Waals surface area contributed by atoms with Gasteiger partial charge < -0.3 is 14.8 Å². The van der Waals surface area contributed by atoms with Crippen molar-refractivity contribution in [1.29, 1.82) is 0 Å². The van der Waals surface area contributed by atoms with Crippen LogP contribution in [0.4, 0.5) is 0 Å². The molecule has 2 atom stereocenters. The molecule has 0 aliphatic heterocycles. The average molecular weight is 179 g/mol. The highest BCUT2D eigenvalue weighted by molar-refractivity contribution is 7.81. The second-order valence-corrected chi connectivity index (χ2v) is 4.29. The first-order valence-corrected chi connectivity index (χ1v) is 4.56. The summed E-state index contributed by atoms with van der Waals surface area (Å²) in [5, 5.41) is 17.4. The number of aliphatic hydroxyl groups excluding tert-OH is 2. The maximum Gasteiger partial charge on any atom is 0.0784 e. The zero-order valence-corrected chi connectivity index (χ0v) is 6.84. The maximum atomic E-state index is 10.5. The molecule has 1 unspecified atom stereocenters. The molecular formula is C6H11O4S-. The van der Waals surface area contributed by atoms with Crippen LogP contribution in [0, 0.1) is 0 Å². The van der Waals surface area contributed by atoms with Gasteiger partial charge in [-0.25, -0.2) is 0 Å². The van der Waals surface area contributed by atoms with Gasteiger partial charge in [0.05, 0.1) is 12.7 Å². The predicted octanol–water partition coefficient (Wildman–Crippen LogP) is -0.859. The van der Waals surface area contributed by atoms with Crippen molar-refractivity contribution in [2.45, 2.75) is 30.1 Å². The van der Waals surface area contributed by atoms with Crippen LogP contribution in [0.3, 0.4) is 0 Å². The van der Waals surface area contributed by atoms with Crippen molar-refractivity contribution >= 4 is 11.1 Å². The zero-order chi connectivity index (χ0) is 8.48. The molecule has 0 saturated heterocycles. The first-order chi connectivity index (χ1) is 5.10. The van der Waals surface area contributed by atoms with E-state index >= 15 is 0 Å². The van der Waals surface area contributed by atoms with Gasteiger partial charge in [-0.1, -0.05) is 0 Å². The van der Waals surface area contributed by atoms with Crippen LogP contribution < -0.4 is 0 Å². The predicted molar refractivity (Wildman–Crippen MR) is 38.6 cm³/mol. The summed E-state index contributed by atoms with van der Waals surface area (Å²) < 4.78 is 20.4. The van der Waals surface area contributed by atoms with Gasteiger partial charge in [0.15, 0.2) is 0 Å². The quantitative estimate of drug-likeness (QED) is 0.550. The Morgan fingerprint density at radius 2 is 2.18 bits per heavy atom. The first-order valence-electron chi connectivity index (χ1n) is 3.49. The lowest BCUT2D eigenvalue weighted by Crippen LogP contribution is -2.25. The second-order valence-electron chi connectivity index (χ2n) is 2.96. The average Bonchev–Trinajstić information content (AvgIpc) is 2.69. The van der Waals surface area contributed by atoms with Gasteiger partial charge >= 0.3 is 0 Å². The van der Waals surface area contributed by atoms with Gasteiger partial charge in [0.2, 0.25) is 0 Å². The molecule has 0 bridgehead atoms. The summed E-state index contributed by atoms with van der Waals surface area (Å²) in [6.45, 7) is -0.362. The lowest BCUT2D eigenvalue weighted by atomic mass is 10.2. The Bertz CT molecular complexity index is 166. The molecule has 1 saturated carbocycles. The molecule has 1 fully saturated rings. The molecule has 1 rings (SSSR count). The minimum absolute atomic E-state index is 0.166. The Labute approximate surface area is 67.5 Å². The minimum Gasteiger partial charge on any atom is -0.772 e. The number of hydrogen-bond acceptors (Lipinski definition) is 4. The summed E-state index contributed by atoms with van der Waals surface area (Å²) in [7, 11) is 0. The van der Waals surface area contributed by atoms with E-state index in [1.807, 2.05) is 0 Å². The molecule has 4 nitrogen and oxygen atoms in total. The molecule has 1 aliphatic rings. The van der Waals surface area contributed by atoms with E-state index in [9.17, 15) is 8.76 Å². The van der Waals surface area contributed by atoms with Crippen LogP contribution in [0.5, 0.6) is 0 Å². The summed E-state index contributed by atoms with van der Waals surface area (Å²) in [4.78, 5) is 0. The highest BCUT2D eigenvalue weighted by Gasteiger charge is 2.45. The van der Waals surface area contributed by atoms with Crippen LogP contribution in [-0.4, -0.2) is 36.4 Å². The highest BCUT2D eigenvalue weighted by atomic mass is 32.2. The van der Waals surface area contributed by atoms with Crippen LogP contribution in [-0.2, 0) is 11.1 Å². The molecule has 0 radical (unpaired) electrons. The lowest BCUT2D eigenvalue weighted by molar-refractivity contribution is 0.0856. The van der Waals surface area contributed by atoms with E-state index in [4.69, 9.17) is 10.2 Å². The summed E-state index contributed by atoms with van der Waals surface area (Å²) in [5.41, 5.74) is 0. The van der Waals surface area contributed by atoms with Gasteiger partial charge in [-0.3, -0.25) is 4.21 Å². The molecule has 0 aromatic rings. The second kappa shape index (κ2) is 3.18. The largest absolute Gasteiger partial charge is 0.772 e. The third-order valence-corrected chi connectivity index (χ3v) is 3.26. The van der Waals surface area contributed by atoms with Gasteiger partial charge in [-0.2, -0.15) is 0 Å². The molecule has 11 heavy (non-hydrogen) atoms. The molecule has 1 aliphatic carbocycles. The SMILES string of the molecule is O=S([O-])C1(C[C@@H](O)CO)CC1. The number of hydrogen-bond donors (Lipinski definition) is 2. The molecule has 2 N–H and O–H groups in total. The van der Waals surface area contributed by atoms with Crippen molar-refractivity contribution in [2.75, 3.05) is 6.61 Å². The van der Waals surface area contributed by atoms with Crippen molar-refractivity contribution in [3.63, 3.8) is 0 Å². The van der Waals surface area contributed by atoms with Crippen LogP contribution >= 0.6 is 0 Å². The van der Waals surface area contributed by atoms with Crippen LogP contribution in [0.15, 0.2) is 0 Å². The fraction of sp³-hybridized carbons (Fsp3) is 1.00. The Kier molecular flexibility index (Phi) is 2.64. The molecular weight excluding hydrogens is 168 g/mol. The van der Waals surface area contributed by atoms with Crippen molar-refractivity contribution < 1.29 is 19.0 Å². The maximum absolute atomic E-state index is 10.5. The van der Waals surface area contributed by atoms with E-state index in [1.54, 1.807) is 0 Å². The molecule has 0 aromatic carbocycles. The van der Waals surface area contributed by atoms with Gasteiger partial charge in [0.1, 0.15) is 0 Å². The van der Waals surface area contributed by atoms with Crippen LogP contribution in [0.25, 0.3) is 0 Å². The van der Waals surface area contributed by atoms with E-state index in [-0.39, 0.29) is 13.0 Å². The van der Waals surface area contributed by atoms with Gasteiger partial charge in [0, 0.05) is 4.75 Å². The molecule has 0 spiro atoms. The third kappa shape index (κ3) is 1.99. The van der Waals surface area contributed by atoms with Crippen molar-refractivity contribution in [2.24, 2.45) is 0 Å². The Morgan fingerprint density at radius 1 is 1.64 bits per heavy atom. The lowest BCUT2D eigenvalue weighted by Gasteiger charge is -2.20. The topological polar surface area (TPSA) is 80.6 Å². The molecule has 0 amide bonds. The standard InChI is InChI=1S/C6H12O4S/c7-4-5(8)3-6(1-2-6)11(9)10/h5,7-8H,1-4H2,(H,9,10)/p-1/t5-/m1/s1. The van der Waals surface area contributed by atoms with E-state index in [1.165, 1.54) is 0 Å². The van der Waals surface area contributed by atoms with E-state index < -0.39 is 21.9 Å². The number of rotatable bonds is 4. The molecule has 0 aromatic heterocycles. The molecule has 66 valence electrons. The number of aliphatic hydroxyl groups is 2. The summed E-state index contributed by atoms with van der Waals surface area (Å²) in [6, 6.07) is 0. The van der Waals surface area contributed by atoms with E-state index in [0.717, 1.165) is 0 Å². The van der Waals surface area contributed by atoms with E-state index in [2.05, 4.69) is 0 Å². The first kappa shape index (κ1) is 9.12. The van der Waals surface area contributed by atoms with Crippen LogP contribution in [0.1, 0.15) is 19.3 Å².